The molecule has 0 saturated carbocycles. The molecule has 0 amide bonds. The predicted octanol–water partition coefficient (Wildman–Crippen LogP) is 4.96. The molecule has 1 aromatic carbocycles. The van der Waals surface area contributed by atoms with Crippen LogP contribution in [-0.4, -0.2) is 33.3 Å². The van der Waals surface area contributed by atoms with Gasteiger partial charge in [-0.15, -0.1) is 0 Å². The lowest BCUT2D eigenvalue weighted by atomic mass is 10.1. The van der Waals surface area contributed by atoms with Crippen molar-refractivity contribution in [2.24, 2.45) is 14.1 Å². The summed E-state index contributed by atoms with van der Waals surface area (Å²) in [5.74, 6) is -0.452. The third kappa shape index (κ3) is 3.63. The molecule has 33 heavy (non-hydrogen) atoms. The first-order valence-corrected chi connectivity index (χ1v) is 11.1. The summed E-state index contributed by atoms with van der Waals surface area (Å²) >= 11 is 0. The maximum atomic E-state index is 13.3. The van der Waals surface area contributed by atoms with Crippen molar-refractivity contribution in [3.05, 3.63) is 41.6 Å². The second-order valence-electron chi connectivity index (χ2n) is 7.43. The van der Waals surface area contributed by atoms with Crippen LogP contribution in [0, 0.1) is 0 Å². The number of fused-ring (bicyclic) bond motifs is 2. The number of sulfone groups is 1. The molecule has 0 unspecified atom stereocenters. The first-order valence-electron chi connectivity index (χ1n) is 9.49. The largest absolute Gasteiger partial charge is 0.417 e. The molecule has 6 nitrogen and oxygen atoms in total. The zero-order valence-corrected chi connectivity index (χ0v) is 18.2. The van der Waals surface area contributed by atoms with E-state index >= 15 is 0 Å². The Labute approximate surface area is 183 Å². The average molecular weight is 490 g/mol. The van der Waals surface area contributed by atoms with Gasteiger partial charge in [-0.25, -0.2) is 18.4 Å². The molecule has 0 bridgehead atoms. The van der Waals surface area contributed by atoms with Crippen molar-refractivity contribution < 1.29 is 34.8 Å². The molecule has 0 aliphatic carbocycles. The highest BCUT2D eigenvalue weighted by atomic mass is 32.2. The fraction of sp³-hybridized carbons (Fsp3) is 0.300. The number of benzene rings is 1. The van der Waals surface area contributed by atoms with Crippen LogP contribution in [0.3, 0.4) is 0 Å². The molecule has 0 aliphatic rings. The van der Waals surface area contributed by atoms with Crippen molar-refractivity contribution in [2.45, 2.75) is 24.2 Å². The Morgan fingerprint density at radius 2 is 1.58 bits per heavy atom. The molecule has 0 saturated heterocycles. The molecule has 176 valence electrons. The van der Waals surface area contributed by atoms with Crippen LogP contribution in [0.25, 0.3) is 33.6 Å². The van der Waals surface area contributed by atoms with Gasteiger partial charge >= 0.3 is 12.4 Å². The van der Waals surface area contributed by atoms with E-state index in [0.29, 0.717) is 6.20 Å². The summed E-state index contributed by atoms with van der Waals surface area (Å²) in [7, 11) is -1.18. The number of rotatable bonds is 3. The van der Waals surface area contributed by atoms with E-state index in [0.717, 1.165) is 24.3 Å². The maximum Gasteiger partial charge on any atom is 0.417 e. The molecule has 3 heterocycles. The van der Waals surface area contributed by atoms with Crippen molar-refractivity contribution in [3.63, 3.8) is 0 Å². The van der Waals surface area contributed by atoms with Gasteiger partial charge in [0.25, 0.3) is 0 Å². The molecule has 13 heteroatoms. The molecule has 0 fully saturated rings. The fourth-order valence-electron chi connectivity index (χ4n) is 3.74. The Hall–Kier alpha value is -3.09. The molecule has 0 radical (unpaired) electrons. The van der Waals surface area contributed by atoms with Gasteiger partial charge in [-0.05, 0) is 24.3 Å². The SMILES string of the molecule is CCS(=O)(=O)c1c(-c2nc3cc(C(F)(F)F)cnc3n2C)n(C)c2ccc(C(F)(F)F)cc12. The minimum atomic E-state index is -4.70. The molecule has 3 aromatic heterocycles. The minimum Gasteiger partial charge on any atom is -0.340 e. The summed E-state index contributed by atoms with van der Waals surface area (Å²) in [5, 5.41) is -0.153. The van der Waals surface area contributed by atoms with Gasteiger partial charge in [-0.3, -0.25) is 0 Å². The van der Waals surface area contributed by atoms with Crippen molar-refractivity contribution >= 4 is 31.9 Å². The van der Waals surface area contributed by atoms with Crippen molar-refractivity contribution in [1.29, 1.82) is 0 Å². The number of alkyl halides is 6. The standard InChI is InChI=1S/C20H16F6N4O2S/c1-4-33(31,32)16-12-7-10(19(21,22)23)5-6-14(12)29(2)15(16)18-28-13-8-11(20(24,25)26)9-27-17(13)30(18)3/h5-9H,4H2,1-3H3. The first-order chi connectivity index (χ1) is 15.2. The fourth-order valence-corrected chi connectivity index (χ4v) is 5.05. The second-order valence-corrected chi connectivity index (χ2v) is 9.64. The van der Waals surface area contributed by atoms with Crippen LogP contribution in [0.15, 0.2) is 35.4 Å². The van der Waals surface area contributed by atoms with Crippen molar-refractivity contribution in [2.75, 3.05) is 5.75 Å². The zero-order valence-electron chi connectivity index (χ0n) is 17.4. The first kappa shape index (κ1) is 23.1. The van der Waals surface area contributed by atoms with Crippen molar-refractivity contribution in [3.8, 4) is 11.5 Å². The van der Waals surface area contributed by atoms with Gasteiger partial charge in [-0.1, -0.05) is 6.92 Å². The highest BCUT2D eigenvalue weighted by molar-refractivity contribution is 7.91. The highest BCUT2D eigenvalue weighted by Crippen LogP contribution is 2.40. The number of aryl methyl sites for hydroxylation is 2. The van der Waals surface area contributed by atoms with Crippen LogP contribution < -0.4 is 0 Å². The van der Waals surface area contributed by atoms with Crippen LogP contribution in [0.5, 0.6) is 0 Å². The third-order valence-corrected chi connectivity index (χ3v) is 7.21. The molecule has 0 spiro atoms. The lowest BCUT2D eigenvalue weighted by Crippen LogP contribution is -2.08. The van der Waals surface area contributed by atoms with E-state index in [1.54, 1.807) is 0 Å². The van der Waals surface area contributed by atoms with Gasteiger partial charge in [0.2, 0.25) is 0 Å². The Kier molecular flexibility index (Phi) is 5.04. The Morgan fingerprint density at radius 3 is 2.15 bits per heavy atom. The van der Waals surface area contributed by atoms with E-state index in [9.17, 15) is 34.8 Å². The van der Waals surface area contributed by atoms with Gasteiger partial charge in [-0.2, -0.15) is 26.3 Å². The summed E-state index contributed by atoms with van der Waals surface area (Å²) in [6, 6.07) is 3.52. The molecular weight excluding hydrogens is 474 g/mol. The Balaban J connectivity index is 2.11. The lowest BCUT2D eigenvalue weighted by Gasteiger charge is -2.08. The number of pyridine rings is 1. The number of hydrogen-bond acceptors (Lipinski definition) is 4. The lowest BCUT2D eigenvalue weighted by molar-refractivity contribution is -0.138. The number of imidazole rings is 1. The quantitative estimate of drug-likeness (QED) is 0.381. The van der Waals surface area contributed by atoms with E-state index in [1.807, 2.05) is 0 Å². The van der Waals surface area contributed by atoms with E-state index < -0.39 is 39.1 Å². The van der Waals surface area contributed by atoms with Crippen LogP contribution in [0.2, 0.25) is 0 Å². The molecule has 4 rings (SSSR count). The molecule has 0 atom stereocenters. The van der Waals surface area contributed by atoms with Gasteiger partial charge < -0.3 is 9.13 Å². The predicted molar refractivity (Wildman–Crippen MR) is 108 cm³/mol. The van der Waals surface area contributed by atoms with Crippen LogP contribution in [-0.2, 0) is 36.3 Å². The van der Waals surface area contributed by atoms with Crippen molar-refractivity contribution in [1.82, 2.24) is 19.1 Å². The number of aromatic nitrogens is 4. The van der Waals surface area contributed by atoms with E-state index in [-0.39, 0.29) is 38.5 Å². The maximum absolute atomic E-state index is 13.3. The number of hydrogen-bond donors (Lipinski definition) is 0. The minimum absolute atomic E-state index is 0.0415. The monoisotopic (exact) mass is 490 g/mol. The Morgan fingerprint density at radius 1 is 0.939 bits per heavy atom. The van der Waals surface area contributed by atoms with Gasteiger partial charge in [0.15, 0.2) is 21.3 Å². The topological polar surface area (TPSA) is 69.8 Å². The summed E-state index contributed by atoms with van der Waals surface area (Å²) in [6.07, 6.45) is -8.73. The van der Waals surface area contributed by atoms with Crippen LogP contribution >= 0.6 is 0 Å². The second kappa shape index (κ2) is 7.20. The molecule has 0 N–H and O–H groups in total. The Bertz CT molecular complexity index is 1510. The molecule has 0 aliphatic heterocycles. The molecular formula is C20H16F6N4O2S. The summed E-state index contributed by atoms with van der Waals surface area (Å²) in [5.41, 5.74) is -1.99. The van der Waals surface area contributed by atoms with E-state index in [2.05, 4.69) is 9.97 Å². The summed E-state index contributed by atoms with van der Waals surface area (Å²) in [4.78, 5) is 7.62. The number of halogens is 6. The summed E-state index contributed by atoms with van der Waals surface area (Å²) in [6.45, 7) is 1.34. The zero-order chi connectivity index (χ0) is 24.5. The summed E-state index contributed by atoms with van der Waals surface area (Å²) < 4.78 is 108. The highest BCUT2D eigenvalue weighted by Gasteiger charge is 2.35. The van der Waals surface area contributed by atoms with Gasteiger partial charge in [0, 0.05) is 31.2 Å². The normalized spacial score (nSPS) is 13.4. The van der Waals surface area contributed by atoms with Crippen LogP contribution in [0.4, 0.5) is 26.3 Å². The average Bonchev–Trinajstić information content (AvgIpc) is 3.20. The molecule has 4 aromatic rings. The van der Waals surface area contributed by atoms with Gasteiger partial charge in [0.1, 0.15) is 16.1 Å². The van der Waals surface area contributed by atoms with Crippen LogP contribution in [0.1, 0.15) is 18.1 Å². The smallest absolute Gasteiger partial charge is 0.340 e. The van der Waals surface area contributed by atoms with E-state index in [1.165, 1.54) is 30.2 Å². The van der Waals surface area contributed by atoms with E-state index in [4.69, 9.17) is 0 Å². The number of nitrogens with zero attached hydrogens (tertiary/aromatic N) is 4. The third-order valence-electron chi connectivity index (χ3n) is 5.42. The van der Waals surface area contributed by atoms with Gasteiger partial charge in [0.05, 0.1) is 16.9 Å².